The minimum atomic E-state index is -0.0117. The molecule has 1 aromatic heterocycles. The molecule has 0 spiro atoms. The zero-order valence-corrected chi connectivity index (χ0v) is 14.5. The lowest BCUT2D eigenvalue weighted by molar-refractivity contribution is -0.136. The Morgan fingerprint density at radius 3 is 2.71 bits per heavy atom. The van der Waals surface area contributed by atoms with E-state index >= 15 is 0 Å². The summed E-state index contributed by atoms with van der Waals surface area (Å²) in [5.41, 5.74) is 0.805. The average molecular weight is 330 g/mol. The van der Waals surface area contributed by atoms with E-state index in [9.17, 15) is 9.59 Å². The Morgan fingerprint density at radius 1 is 1.29 bits per heavy atom. The maximum Gasteiger partial charge on any atom is 0.226 e. The molecule has 0 aromatic carbocycles. The predicted molar refractivity (Wildman–Crippen MR) is 89.1 cm³/mol. The first-order valence-corrected chi connectivity index (χ1v) is 9.16. The van der Waals surface area contributed by atoms with E-state index < -0.39 is 0 Å². The number of amides is 2. The summed E-state index contributed by atoms with van der Waals surface area (Å²) in [6.45, 7) is 6.48. The first-order valence-electron chi connectivity index (χ1n) is 9.16. The lowest BCUT2D eigenvalue weighted by atomic mass is 10.1. The highest BCUT2D eigenvalue weighted by atomic mass is 16.2. The maximum absolute atomic E-state index is 12.6. The van der Waals surface area contributed by atoms with Crippen LogP contribution in [-0.2, 0) is 22.6 Å². The van der Waals surface area contributed by atoms with Crippen molar-refractivity contribution >= 4 is 11.8 Å². The summed E-state index contributed by atoms with van der Waals surface area (Å²) < 4.78 is 2.11. The van der Waals surface area contributed by atoms with Gasteiger partial charge in [0.05, 0.1) is 18.2 Å². The standard InChI is InChI=1S/C18H26N4O2/c1-11-7-15(11)18(24)22-6-5-21-10-14(20-17(21)12(22)2)8-16(23)19-9-13-3-4-13/h10-13,15H,3-9H2,1-2H3,(H,19,23)/t11-,12+,15+/m1/s1. The van der Waals surface area contributed by atoms with Gasteiger partial charge in [-0.3, -0.25) is 9.59 Å². The highest BCUT2D eigenvalue weighted by Gasteiger charge is 2.44. The summed E-state index contributed by atoms with van der Waals surface area (Å²) in [6.07, 6.45) is 5.79. The normalized spacial score (nSPS) is 28.4. The molecule has 3 aliphatic rings. The molecule has 2 aliphatic carbocycles. The second kappa shape index (κ2) is 5.90. The van der Waals surface area contributed by atoms with Gasteiger partial charge in [0.25, 0.3) is 0 Å². The van der Waals surface area contributed by atoms with Gasteiger partial charge in [-0.05, 0) is 38.0 Å². The maximum atomic E-state index is 12.6. The highest BCUT2D eigenvalue weighted by Crippen LogP contribution is 2.41. The van der Waals surface area contributed by atoms with E-state index in [-0.39, 0.29) is 23.8 Å². The highest BCUT2D eigenvalue weighted by molar-refractivity contribution is 5.82. The lowest BCUT2D eigenvalue weighted by Crippen LogP contribution is -2.42. The monoisotopic (exact) mass is 330 g/mol. The third kappa shape index (κ3) is 3.06. The van der Waals surface area contributed by atoms with Crippen molar-refractivity contribution < 1.29 is 9.59 Å². The first kappa shape index (κ1) is 15.7. The molecule has 1 N–H and O–H groups in total. The fourth-order valence-electron chi connectivity index (χ4n) is 3.62. The van der Waals surface area contributed by atoms with Crippen molar-refractivity contribution in [2.75, 3.05) is 13.1 Å². The third-order valence-electron chi connectivity index (χ3n) is 5.62. The van der Waals surface area contributed by atoms with Crippen molar-refractivity contribution in [1.82, 2.24) is 19.8 Å². The van der Waals surface area contributed by atoms with Gasteiger partial charge in [0, 0.05) is 31.7 Å². The molecule has 24 heavy (non-hydrogen) atoms. The van der Waals surface area contributed by atoms with Crippen molar-refractivity contribution in [3.05, 3.63) is 17.7 Å². The molecule has 2 saturated carbocycles. The van der Waals surface area contributed by atoms with Crippen molar-refractivity contribution in [2.24, 2.45) is 17.8 Å². The van der Waals surface area contributed by atoms with Gasteiger partial charge in [-0.1, -0.05) is 6.92 Å². The Balaban J connectivity index is 1.40. The number of carbonyl (C=O) groups excluding carboxylic acids is 2. The molecule has 0 radical (unpaired) electrons. The Hall–Kier alpha value is -1.85. The number of hydrogen-bond acceptors (Lipinski definition) is 3. The van der Waals surface area contributed by atoms with Gasteiger partial charge in [0.2, 0.25) is 11.8 Å². The van der Waals surface area contributed by atoms with E-state index in [1.165, 1.54) is 12.8 Å². The van der Waals surface area contributed by atoms with Gasteiger partial charge < -0.3 is 14.8 Å². The Kier molecular flexibility index (Phi) is 3.85. The molecule has 6 heteroatoms. The van der Waals surface area contributed by atoms with Crippen LogP contribution in [0.3, 0.4) is 0 Å². The summed E-state index contributed by atoms with van der Waals surface area (Å²) in [6, 6.07) is -0.0117. The quantitative estimate of drug-likeness (QED) is 0.890. The summed E-state index contributed by atoms with van der Waals surface area (Å²) >= 11 is 0. The molecule has 6 nitrogen and oxygen atoms in total. The Labute approximate surface area is 142 Å². The number of aromatic nitrogens is 2. The Bertz CT molecular complexity index is 664. The van der Waals surface area contributed by atoms with Gasteiger partial charge in [-0.15, -0.1) is 0 Å². The number of fused-ring (bicyclic) bond motifs is 1. The van der Waals surface area contributed by atoms with Crippen LogP contribution in [0.25, 0.3) is 0 Å². The molecular formula is C18H26N4O2. The second-order valence-electron chi connectivity index (χ2n) is 7.74. The fraction of sp³-hybridized carbons (Fsp3) is 0.722. The lowest BCUT2D eigenvalue weighted by Gasteiger charge is -2.34. The summed E-state index contributed by atoms with van der Waals surface area (Å²) in [5, 5.41) is 2.99. The van der Waals surface area contributed by atoms with Crippen LogP contribution in [0.2, 0.25) is 0 Å². The predicted octanol–water partition coefficient (Wildman–Crippen LogP) is 1.51. The van der Waals surface area contributed by atoms with E-state index in [1.54, 1.807) is 0 Å². The van der Waals surface area contributed by atoms with Gasteiger partial charge in [0.15, 0.2) is 0 Å². The zero-order valence-electron chi connectivity index (χ0n) is 14.5. The minimum Gasteiger partial charge on any atom is -0.355 e. The van der Waals surface area contributed by atoms with Crippen LogP contribution in [0, 0.1) is 17.8 Å². The molecule has 130 valence electrons. The van der Waals surface area contributed by atoms with Gasteiger partial charge in [-0.2, -0.15) is 0 Å². The van der Waals surface area contributed by atoms with Crippen LogP contribution in [0.5, 0.6) is 0 Å². The smallest absolute Gasteiger partial charge is 0.226 e. The molecule has 1 aliphatic heterocycles. The molecule has 2 heterocycles. The first-order chi connectivity index (χ1) is 11.5. The molecule has 3 atom stereocenters. The van der Waals surface area contributed by atoms with E-state index in [1.807, 2.05) is 18.0 Å². The third-order valence-corrected chi connectivity index (χ3v) is 5.62. The summed E-state index contributed by atoms with van der Waals surface area (Å²) in [4.78, 5) is 31.2. The topological polar surface area (TPSA) is 67.2 Å². The van der Waals surface area contributed by atoms with Crippen LogP contribution in [-0.4, -0.2) is 39.4 Å². The van der Waals surface area contributed by atoms with Crippen molar-refractivity contribution in [2.45, 2.75) is 52.1 Å². The zero-order chi connectivity index (χ0) is 16.8. The summed E-state index contributed by atoms with van der Waals surface area (Å²) in [5.74, 6) is 2.65. The average Bonchev–Trinajstić information content (AvgIpc) is 3.45. The number of nitrogens with one attached hydrogen (secondary N) is 1. The number of rotatable bonds is 5. The van der Waals surface area contributed by atoms with Crippen molar-refractivity contribution in [1.29, 1.82) is 0 Å². The number of imidazole rings is 1. The van der Waals surface area contributed by atoms with Crippen LogP contribution < -0.4 is 5.32 Å². The van der Waals surface area contributed by atoms with E-state index in [0.29, 0.717) is 18.3 Å². The van der Waals surface area contributed by atoms with Crippen LogP contribution in [0.4, 0.5) is 0 Å². The number of carbonyl (C=O) groups is 2. The van der Waals surface area contributed by atoms with Gasteiger partial charge >= 0.3 is 0 Å². The van der Waals surface area contributed by atoms with Crippen molar-refractivity contribution in [3.8, 4) is 0 Å². The molecule has 2 fully saturated rings. The van der Waals surface area contributed by atoms with Crippen LogP contribution in [0.1, 0.15) is 50.7 Å². The minimum absolute atomic E-state index is 0.0117. The van der Waals surface area contributed by atoms with Crippen LogP contribution in [0.15, 0.2) is 6.20 Å². The van der Waals surface area contributed by atoms with E-state index in [4.69, 9.17) is 0 Å². The van der Waals surface area contributed by atoms with Gasteiger partial charge in [0.1, 0.15) is 5.82 Å². The molecular weight excluding hydrogens is 304 g/mol. The van der Waals surface area contributed by atoms with E-state index in [0.717, 1.165) is 37.6 Å². The Morgan fingerprint density at radius 2 is 2.04 bits per heavy atom. The molecule has 2 amide bonds. The molecule has 0 saturated heterocycles. The van der Waals surface area contributed by atoms with Crippen molar-refractivity contribution in [3.63, 3.8) is 0 Å². The molecule has 4 rings (SSSR count). The molecule has 0 unspecified atom stereocenters. The second-order valence-corrected chi connectivity index (χ2v) is 7.74. The number of nitrogens with zero attached hydrogens (tertiary/aromatic N) is 3. The summed E-state index contributed by atoms with van der Waals surface area (Å²) in [7, 11) is 0. The van der Waals surface area contributed by atoms with Gasteiger partial charge in [-0.25, -0.2) is 4.98 Å². The number of hydrogen-bond donors (Lipinski definition) is 1. The largest absolute Gasteiger partial charge is 0.355 e. The van der Waals surface area contributed by atoms with Crippen LogP contribution >= 0.6 is 0 Å². The molecule has 0 bridgehead atoms. The fourth-order valence-corrected chi connectivity index (χ4v) is 3.62. The molecule has 1 aromatic rings. The van der Waals surface area contributed by atoms with E-state index in [2.05, 4.69) is 21.8 Å². The SMILES string of the molecule is C[C@@H]1C[C@@H]1C(=O)N1CCn2cc(CC(=O)NCC3CC3)nc2[C@@H]1C.